The summed E-state index contributed by atoms with van der Waals surface area (Å²) in [6.07, 6.45) is 4.64. The van der Waals surface area contributed by atoms with Crippen molar-refractivity contribution in [2.75, 3.05) is 20.3 Å². The number of methoxy groups -OCH3 is 1. The summed E-state index contributed by atoms with van der Waals surface area (Å²) >= 11 is -0.470. The van der Waals surface area contributed by atoms with Gasteiger partial charge in [0, 0.05) is 0 Å². The van der Waals surface area contributed by atoms with Gasteiger partial charge in [-0.2, -0.15) is 0 Å². The van der Waals surface area contributed by atoms with E-state index in [1.807, 2.05) is 0 Å². The molecule has 0 N–H and O–H groups in total. The summed E-state index contributed by atoms with van der Waals surface area (Å²) in [6, 6.07) is 0. The number of hydrogen-bond acceptors (Lipinski definition) is 5. The zero-order valence-electron chi connectivity index (χ0n) is 18.5. The number of ether oxygens (including phenoxy) is 4. The van der Waals surface area contributed by atoms with Crippen molar-refractivity contribution in [2.45, 2.75) is 86.4 Å². The standard InChI is InChI=1S/C22H34BINO5/c1-12-9-14(13(12)2)10-16-21(3,30-16)19-18(27-4)15(5-7-22(19)11-28-22)29-20(26)25-8-6-17(25)24-23/h12-19H,5-11H2,1-4H3/q-1/t12?,13?,14-,15?,16?,17?,18?,19?,21?,22?/m0/s1. The van der Waals surface area contributed by atoms with Crippen LogP contribution in [0.25, 0.3) is 0 Å². The van der Waals surface area contributed by atoms with Crippen LogP contribution in [0.1, 0.15) is 52.9 Å². The average Bonchev–Trinajstić information content (AvgIpc) is 3.60. The number of hydrogen-bond donors (Lipinski definition) is 0. The molecule has 5 rings (SSSR count). The topological polar surface area (TPSA) is 63.8 Å². The first-order valence-corrected chi connectivity index (χ1v) is 14.0. The molecule has 5 fully saturated rings. The number of amides is 1. The van der Waals surface area contributed by atoms with Gasteiger partial charge in [-0.05, 0) is 5.92 Å². The predicted molar refractivity (Wildman–Crippen MR) is 108 cm³/mol. The fourth-order valence-corrected chi connectivity index (χ4v) is 7.91. The Balaban J connectivity index is 1.28. The van der Waals surface area contributed by atoms with Crippen LogP contribution in [0.4, 0.5) is 4.79 Å². The van der Waals surface area contributed by atoms with Crippen LogP contribution in [0.3, 0.4) is 0 Å². The van der Waals surface area contributed by atoms with Gasteiger partial charge >= 0.3 is 172 Å². The first-order chi connectivity index (χ1) is 14.3. The second kappa shape index (κ2) is 7.77. The Morgan fingerprint density at radius 2 is 2.10 bits per heavy atom. The number of nitrogens with zero attached hydrogens (tertiary/aromatic N) is 1. The summed E-state index contributed by atoms with van der Waals surface area (Å²) < 4.78 is 24.6. The van der Waals surface area contributed by atoms with E-state index < -0.39 is 21.0 Å². The number of carbonyl (C=O) groups is 1. The third-order valence-corrected chi connectivity index (χ3v) is 11.0. The summed E-state index contributed by atoms with van der Waals surface area (Å²) in [5, 5.41) is 0. The van der Waals surface area contributed by atoms with Gasteiger partial charge in [-0.25, -0.2) is 0 Å². The van der Waals surface area contributed by atoms with Crippen molar-refractivity contribution >= 4 is 11.8 Å². The fourth-order valence-electron chi connectivity index (χ4n) is 6.38. The normalized spacial score (nSPS) is 51.9. The van der Waals surface area contributed by atoms with E-state index in [9.17, 15) is 4.79 Å². The molecule has 6 nitrogen and oxygen atoms in total. The second-order valence-corrected chi connectivity index (χ2v) is 12.6. The molecule has 3 aliphatic heterocycles. The van der Waals surface area contributed by atoms with Gasteiger partial charge in [-0.1, -0.05) is 13.8 Å². The van der Waals surface area contributed by atoms with Crippen LogP contribution in [-0.4, -0.2) is 70.5 Å². The molecular weight excluding hydrogens is 496 g/mol. The molecule has 5 aliphatic rings. The predicted octanol–water partition coefficient (Wildman–Crippen LogP) is -0.270. The van der Waals surface area contributed by atoms with Crippen LogP contribution in [0.15, 0.2) is 0 Å². The van der Waals surface area contributed by atoms with Crippen LogP contribution in [-0.2, 0) is 18.9 Å². The van der Waals surface area contributed by atoms with E-state index in [4.69, 9.17) is 24.7 Å². The molecule has 1 spiro atoms. The quantitative estimate of drug-likeness (QED) is 0.156. The molecule has 2 aliphatic carbocycles. The van der Waals surface area contributed by atoms with E-state index in [2.05, 4.69) is 20.8 Å². The van der Waals surface area contributed by atoms with Gasteiger partial charge in [-0.15, -0.1) is 0 Å². The molecule has 3 saturated heterocycles. The minimum absolute atomic E-state index is 0.0912. The number of rotatable bonds is 6. The van der Waals surface area contributed by atoms with Crippen LogP contribution in [0.5, 0.6) is 0 Å². The van der Waals surface area contributed by atoms with E-state index in [1.54, 1.807) is 12.0 Å². The number of epoxide rings is 2. The molecule has 8 heteroatoms. The average molecular weight is 530 g/mol. The molecule has 2 radical (unpaired) electrons. The number of likely N-dealkylation sites (tertiary alicyclic amines) is 1. The first-order valence-electron chi connectivity index (χ1n) is 11.5. The maximum atomic E-state index is 12.7. The van der Waals surface area contributed by atoms with Crippen molar-refractivity contribution in [1.29, 1.82) is 0 Å². The van der Waals surface area contributed by atoms with E-state index in [1.165, 1.54) is 6.42 Å². The first kappa shape index (κ1) is 21.8. The third-order valence-electron chi connectivity index (χ3n) is 8.91. The van der Waals surface area contributed by atoms with Gasteiger partial charge in [0.25, 0.3) is 0 Å². The van der Waals surface area contributed by atoms with Crippen molar-refractivity contribution in [2.24, 2.45) is 23.7 Å². The Morgan fingerprint density at radius 1 is 1.33 bits per heavy atom. The molecule has 0 aromatic carbocycles. The second-order valence-electron chi connectivity index (χ2n) is 10.4. The summed E-state index contributed by atoms with van der Waals surface area (Å²) in [5.74, 6) is 2.44. The van der Waals surface area contributed by atoms with Crippen molar-refractivity contribution < 1.29 is 44.7 Å². The van der Waals surface area contributed by atoms with Crippen LogP contribution in [0, 0.1) is 23.7 Å². The summed E-state index contributed by atoms with van der Waals surface area (Å²) in [4.78, 5) is 14.5. The third kappa shape index (κ3) is 3.43. The van der Waals surface area contributed by atoms with Gasteiger partial charge in [0.2, 0.25) is 0 Å². The van der Waals surface area contributed by atoms with Crippen molar-refractivity contribution in [3.05, 3.63) is 0 Å². The number of alkyl halides is 1. The molecule has 30 heavy (non-hydrogen) atoms. The van der Waals surface area contributed by atoms with E-state index in [-0.39, 0.29) is 45.6 Å². The van der Waals surface area contributed by atoms with Gasteiger partial charge in [0.1, 0.15) is 0 Å². The molecule has 168 valence electrons. The molecule has 9 unspecified atom stereocenters. The Bertz CT molecular complexity index is 690. The van der Waals surface area contributed by atoms with Gasteiger partial charge in [-0.3, -0.25) is 0 Å². The molecule has 10 atom stereocenters. The van der Waals surface area contributed by atoms with Crippen molar-refractivity contribution in [3.63, 3.8) is 0 Å². The zero-order chi connectivity index (χ0) is 21.3. The van der Waals surface area contributed by atoms with Gasteiger partial charge < -0.3 is 0 Å². The zero-order valence-corrected chi connectivity index (χ0v) is 20.7. The van der Waals surface area contributed by atoms with Gasteiger partial charge in [0.05, 0.1) is 0 Å². The van der Waals surface area contributed by atoms with Crippen LogP contribution < -0.4 is 21.0 Å². The maximum absolute atomic E-state index is 12.7. The molecule has 0 bridgehead atoms. The monoisotopic (exact) mass is 530 g/mol. The molecule has 3 heterocycles. The number of carbonyl (C=O) groups excluding carboxylic acids is 1. The molecule has 0 aromatic rings. The Morgan fingerprint density at radius 3 is 2.63 bits per heavy atom. The van der Waals surface area contributed by atoms with E-state index >= 15 is 0 Å². The molecule has 0 aromatic heterocycles. The number of halogens is 1. The summed E-state index contributed by atoms with van der Waals surface area (Å²) in [7, 11) is 1.73. The molecular formula is C22H34BINO5-. The van der Waals surface area contributed by atoms with Gasteiger partial charge in [0.15, 0.2) is 0 Å². The van der Waals surface area contributed by atoms with E-state index in [0.717, 1.165) is 56.6 Å². The minimum atomic E-state index is -0.470. The van der Waals surface area contributed by atoms with E-state index in [0.29, 0.717) is 0 Å². The fraction of sp³-hybridized carbons (Fsp3) is 0.955. The molecule has 1 amide bonds. The summed E-state index contributed by atoms with van der Waals surface area (Å²) in [5.41, 5.74) is 5.44. The molecule has 2 saturated carbocycles. The van der Waals surface area contributed by atoms with Crippen molar-refractivity contribution in [1.82, 2.24) is 4.90 Å². The Kier molecular flexibility index (Phi) is 5.64. The van der Waals surface area contributed by atoms with Crippen molar-refractivity contribution in [3.8, 4) is 0 Å². The van der Waals surface area contributed by atoms with Crippen LogP contribution in [0.2, 0.25) is 0 Å². The summed E-state index contributed by atoms with van der Waals surface area (Å²) in [6.45, 7) is 8.44. The Hall–Kier alpha value is -0.0551. The van der Waals surface area contributed by atoms with Crippen LogP contribution >= 0.6 is 0 Å². The Labute approximate surface area is 191 Å². The SMILES string of the molecule is [B][I-]C1CCN1C(=O)OC1CCC2(CO2)C(C2(C)OC2C[C@@H]2CC(C)C2C)C1OC.